The van der Waals surface area contributed by atoms with Crippen molar-refractivity contribution in [1.29, 1.82) is 0 Å². The lowest BCUT2D eigenvalue weighted by molar-refractivity contribution is -0.127. The van der Waals surface area contributed by atoms with E-state index in [0.717, 1.165) is 68.2 Å². The van der Waals surface area contributed by atoms with Crippen molar-refractivity contribution in [3.05, 3.63) is 53.7 Å². The van der Waals surface area contributed by atoms with Crippen molar-refractivity contribution < 1.29 is 4.79 Å². The predicted octanol–water partition coefficient (Wildman–Crippen LogP) is 5.07. The molecule has 0 radical (unpaired) electrons. The molecular weight excluding hydrogens is 472 g/mol. The number of rotatable bonds is 7. The van der Waals surface area contributed by atoms with Gasteiger partial charge in [-0.1, -0.05) is 36.4 Å². The van der Waals surface area contributed by atoms with Crippen LogP contribution in [0.25, 0.3) is 16.6 Å². The lowest BCUT2D eigenvalue weighted by Gasteiger charge is -2.34. The molecule has 2 aromatic rings. The van der Waals surface area contributed by atoms with E-state index in [1.165, 1.54) is 12.5 Å². The number of guanidine groups is 1. The van der Waals surface area contributed by atoms with E-state index in [0.29, 0.717) is 28.6 Å². The number of likely N-dealkylation sites (tertiary alicyclic amines) is 1. The van der Waals surface area contributed by atoms with E-state index in [1.54, 1.807) is 0 Å². The van der Waals surface area contributed by atoms with Crippen molar-refractivity contribution in [3.63, 3.8) is 0 Å². The number of hydrogen-bond acceptors (Lipinski definition) is 3. The summed E-state index contributed by atoms with van der Waals surface area (Å²) in [5.74, 6) is 1.15. The average Bonchev–Trinajstić information content (AvgIpc) is 3.33. The normalized spacial score (nSPS) is 22.3. The SMILES string of the molecule is C=CC(=O)N1CCC(CNC2CCC[C@@H](N/C(N=C)=N/C(=C(\C)Cl)c3c[nH]c4ccccc34)C2)CC1. The highest BCUT2D eigenvalue weighted by Gasteiger charge is 2.25. The number of aliphatic imine (C=N–C) groups is 2. The molecule has 36 heavy (non-hydrogen) atoms. The number of halogens is 1. The number of hydrogen-bond donors (Lipinski definition) is 3. The number of aromatic amines is 1. The summed E-state index contributed by atoms with van der Waals surface area (Å²) >= 11 is 6.48. The second-order valence-corrected chi connectivity index (χ2v) is 10.4. The van der Waals surface area contributed by atoms with Gasteiger partial charge >= 0.3 is 0 Å². The smallest absolute Gasteiger partial charge is 0.245 e. The number of para-hydroxylation sites is 1. The molecule has 1 amide bonds. The molecule has 2 aliphatic rings. The van der Waals surface area contributed by atoms with Gasteiger partial charge in [0.05, 0.1) is 5.70 Å². The van der Waals surface area contributed by atoms with Crippen molar-refractivity contribution >= 4 is 46.8 Å². The molecule has 1 unspecified atom stereocenters. The maximum absolute atomic E-state index is 11.8. The molecule has 0 spiro atoms. The third-order valence-electron chi connectivity index (χ3n) is 7.34. The molecule has 7 nitrogen and oxygen atoms in total. The second kappa shape index (κ2) is 12.4. The van der Waals surface area contributed by atoms with Crippen molar-refractivity contribution in [1.82, 2.24) is 20.5 Å². The van der Waals surface area contributed by atoms with Gasteiger partial charge in [-0.25, -0.2) is 9.98 Å². The average molecular weight is 509 g/mol. The summed E-state index contributed by atoms with van der Waals surface area (Å²) in [5, 5.41) is 8.98. The van der Waals surface area contributed by atoms with Gasteiger partial charge in [0.15, 0.2) is 0 Å². The number of fused-ring (bicyclic) bond motifs is 1. The van der Waals surface area contributed by atoms with Gasteiger partial charge in [-0.2, -0.15) is 0 Å². The third kappa shape index (κ3) is 6.45. The number of nitrogens with zero attached hydrogens (tertiary/aromatic N) is 3. The molecule has 3 N–H and O–H groups in total. The summed E-state index contributed by atoms with van der Waals surface area (Å²) in [6, 6.07) is 8.83. The molecule has 1 saturated heterocycles. The van der Waals surface area contributed by atoms with Crippen LogP contribution in [0.2, 0.25) is 0 Å². The molecule has 1 aliphatic carbocycles. The number of piperidine rings is 1. The Bertz CT molecular complexity index is 1140. The summed E-state index contributed by atoms with van der Waals surface area (Å²) in [4.78, 5) is 26.0. The molecule has 192 valence electrons. The van der Waals surface area contributed by atoms with Crippen molar-refractivity contribution in [3.8, 4) is 0 Å². The molecule has 2 heterocycles. The first kappa shape index (κ1) is 26.2. The number of carbonyl (C=O) groups is 1. The van der Waals surface area contributed by atoms with Crippen LogP contribution >= 0.6 is 11.6 Å². The number of benzene rings is 1. The minimum atomic E-state index is 0.0444. The van der Waals surface area contributed by atoms with Crippen LogP contribution in [0.5, 0.6) is 0 Å². The van der Waals surface area contributed by atoms with E-state index in [2.05, 4.69) is 40.0 Å². The summed E-state index contributed by atoms with van der Waals surface area (Å²) in [7, 11) is 0. The van der Waals surface area contributed by atoms with Crippen LogP contribution in [0.15, 0.2) is 58.1 Å². The van der Waals surface area contributed by atoms with Crippen molar-refractivity contribution in [2.24, 2.45) is 15.9 Å². The zero-order valence-electron chi connectivity index (χ0n) is 21.1. The number of aromatic nitrogens is 1. The lowest BCUT2D eigenvalue weighted by atomic mass is 9.90. The predicted molar refractivity (Wildman–Crippen MR) is 150 cm³/mol. The maximum Gasteiger partial charge on any atom is 0.245 e. The maximum atomic E-state index is 11.8. The number of amides is 1. The molecule has 2 atom stereocenters. The Morgan fingerprint density at radius 1 is 1.22 bits per heavy atom. The van der Waals surface area contributed by atoms with Crippen LogP contribution in [0, 0.1) is 5.92 Å². The van der Waals surface area contributed by atoms with E-state index >= 15 is 0 Å². The topological polar surface area (TPSA) is 84.9 Å². The first-order valence-corrected chi connectivity index (χ1v) is 13.3. The van der Waals surface area contributed by atoms with Crippen LogP contribution < -0.4 is 10.6 Å². The minimum absolute atomic E-state index is 0.0444. The van der Waals surface area contributed by atoms with Crippen LogP contribution in [0.3, 0.4) is 0 Å². The largest absolute Gasteiger partial charge is 0.360 e. The van der Waals surface area contributed by atoms with E-state index in [9.17, 15) is 4.79 Å². The van der Waals surface area contributed by atoms with Gasteiger partial charge < -0.3 is 20.5 Å². The molecular formula is C28H37ClN6O. The first-order valence-electron chi connectivity index (χ1n) is 12.9. The molecule has 0 bridgehead atoms. The fraction of sp³-hybridized carbons (Fsp3) is 0.464. The van der Waals surface area contributed by atoms with Crippen LogP contribution in [0.4, 0.5) is 0 Å². The van der Waals surface area contributed by atoms with Gasteiger partial charge in [-0.15, -0.1) is 0 Å². The number of nitrogens with one attached hydrogen (secondary N) is 3. The Balaban J connectivity index is 1.34. The van der Waals surface area contributed by atoms with Crippen molar-refractivity contribution in [2.75, 3.05) is 19.6 Å². The Kier molecular flexibility index (Phi) is 8.99. The summed E-state index contributed by atoms with van der Waals surface area (Å²) in [6.07, 6.45) is 9.82. The molecule has 4 rings (SSSR count). The highest BCUT2D eigenvalue weighted by atomic mass is 35.5. The minimum Gasteiger partial charge on any atom is -0.360 e. The van der Waals surface area contributed by atoms with Gasteiger partial charge in [0.2, 0.25) is 11.9 Å². The van der Waals surface area contributed by atoms with Gasteiger partial charge in [0.1, 0.15) is 0 Å². The zero-order valence-corrected chi connectivity index (χ0v) is 21.9. The monoisotopic (exact) mass is 508 g/mol. The third-order valence-corrected chi connectivity index (χ3v) is 7.52. The molecule has 2 fully saturated rings. The highest BCUT2D eigenvalue weighted by molar-refractivity contribution is 6.32. The van der Waals surface area contributed by atoms with Crippen LogP contribution in [-0.2, 0) is 4.79 Å². The number of allylic oxidation sites excluding steroid dienone is 1. The molecule has 1 aliphatic heterocycles. The zero-order chi connectivity index (χ0) is 25.5. The van der Waals surface area contributed by atoms with E-state index in [1.807, 2.05) is 36.2 Å². The molecule has 8 heteroatoms. The second-order valence-electron chi connectivity index (χ2n) is 9.81. The number of H-pyrrole nitrogens is 1. The Labute approximate surface area is 218 Å². The lowest BCUT2D eigenvalue weighted by Crippen LogP contribution is -2.46. The first-order chi connectivity index (χ1) is 17.5. The Morgan fingerprint density at radius 2 is 1.97 bits per heavy atom. The summed E-state index contributed by atoms with van der Waals surface area (Å²) in [6.45, 7) is 11.8. The standard InChI is InChI=1S/C28H37ClN6O/c1-4-26(36)35-14-12-20(13-15-35)17-31-21-8-7-9-22(16-21)33-28(30-3)34-27(19(2)29)24-18-32-25-11-6-5-10-23(24)25/h4-6,10-11,18,20-22,31-32H,1,3,7-9,12-17H2,2H3,(H,33,34)/b27-19+/t21?,22-/m1/s1. The van der Waals surface area contributed by atoms with Crippen LogP contribution in [-0.4, -0.2) is 60.2 Å². The molecule has 1 aromatic heterocycles. The van der Waals surface area contributed by atoms with Gasteiger partial charge in [0, 0.05) is 52.9 Å². The fourth-order valence-electron chi connectivity index (χ4n) is 5.32. The Hall–Kier alpha value is -2.90. The number of carbonyl (C=O) groups excluding carboxylic acids is 1. The van der Waals surface area contributed by atoms with E-state index in [4.69, 9.17) is 16.6 Å². The fourth-order valence-corrected chi connectivity index (χ4v) is 5.46. The van der Waals surface area contributed by atoms with E-state index in [-0.39, 0.29) is 11.9 Å². The van der Waals surface area contributed by atoms with E-state index < -0.39 is 0 Å². The van der Waals surface area contributed by atoms with Crippen molar-refractivity contribution in [2.45, 2.75) is 57.5 Å². The molecule has 1 aromatic carbocycles. The molecule has 1 saturated carbocycles. The summed E-state index contributed by atoms with van der Waals surface area (Å²) < 4.78 is 0. The van der Waals surface area contributed by atoms with Gasteiger partial charge in [-0.05, 0) is 76.8 Å². The quantitative estimate of drug-likeness (QED) is 0.277. The Morgan fingerprint density at radius 3 is 2.69 bits per heavy atom. The highest BCUT2D eigenvalue weighted by Crippen LogP contribution is 2.30. The summed E-state index contributed by atoms with van der Waals surface area (Å²) in [5.41, 5.74) is 2.68. The van der Waals surface area contributed by atoms with Crippen LogP contribution in [0.1, 0.15) is 51.0 Å². The van der Waals surface area contributed by atoms with Gasteiger partial charge in [0.25, 0.3) is 0 Å². The van der Waals surface area contributed by atoms with Gasteiger partial charge in [-0.3, -0.25) is 4.79 Å².